The van der Waals surface area contributed by atoms with Crippen LogP contribution in [-0.4, -0.2) is 42.4 Å². The van der Waals surface area contributed by atoms with Gasteiger partial charge in [-0.1, -0.05) is 5.16 Å². The molecule has 1 heterocycles. The topological polar surface area (TPSA) is 71.1 Å². The molecule has 5 heteroatoms. The first kappa shape index (κ1) is 9.12. The molecule has 0 amide bonds. The maximum Gasteiger partial charge on any atom is 0.233 e. The summed E-state index contributed by atoms with van der Waals surface area (Å²) in [6, 6.07) is 0. The molecular formula is C7H15N3O2. The second-order valence-corrected chi connectivity index (χ2v) is 2.88. The number of likely N-dealkylation sites (tertiary alicyclic amines) is 1. The molecule has 70 valence electrons. The third-order valence-corrected chi connectivity index (χ3v) is 2.20. The van der Waals surface area contributed by atoms with E-state index in [0.29, 0.717) is 6.10 Å². The Bertz CT molecular complexity index is 164. The molecular weight excluding hydrogens is 158 g/mol. The van der Waals surface area contributed by atoms with Gasteiger partial charge < -0.3 is 20.6 Å². The quantitative estimate of drug-likeness (QED) is 0.249. The molecule has 1 aliphatic rings. The van der Waals surface area contributed by atoms with Crippen LogP contribution >= 0.6 is 0 Å². The second kappa shape index (κ2) is 4.15. The zero-order valence-corrected chi connectivity index (χ0v) is 7.23. The van der Waals surface area contributed by atoms with E-state index in [1.54, 1.807) is 7.11 Å². The summed E-state index contributed by atoms with van der Waals surface area (Å²) < 4.78 is 5.18. The number of hydrogen-bond donors (Lipinski definition) is 2. The van der Waals surface area contributed by atoms with Gasteiger partial charge in [0, 0.05) is 20.2 Å². The molecule has 0 aromatic rings. The van der Waals surface area contributed by atoms with Gasteiger partial charge in [0.05, 0.1) is 6.10 Å². The molecule has 12 heavy (non-hydrogen) atoms. The molecule has 3 N–H and O–H groups in total. The Morgan fingerprint density at radius 3 is 2.58 bits per heavy atom. The molecule has 0 spiro atoms. The van der Waals surface area contributed by atoms with Crippen molar-refractivity contribution in [2.75, 3.05) is 20.2 Å². The molecule has 0 unspecified atom stereocenters. The molecule has 0 aliphatic carbocycles. The number of ether oxygens (including phenoxy) is 1. The fourth-order valence-electron chi connectivity index (χ4n) is 1.38. The van der Waals surface area contributed by atoms with Gasteiger partial charge in [0.25, 0.3) is 0 Å². The van der Waals surface area contributed by atoms with Crippen LogP contribution in [0.25, 0.3) is 0 Å². The van der Waals surface area contributed by atoms with Crippen molar-refractivity contribution in [3.05, 3.63) is 0 Å². The zero-order chi connectivity index (χ0) is 8.97. The summed E-state index contributed by atoms with van der Waals surface area (Å²) in [4.78, 5) is 1.84. The van der Waals surface area contributed by atoms with Crippen LogP contribution in [0.1, 0.15) is 12.8 Å². The molecule has 0 radical (unpaired) electrons. The number of nitrogens with two attached hydrogens (primary N) is 1. The average Bonchev–Trinajstić information content (AvgIpc) is 2.17. The van der Waals surface area contributed by atoms with Gasteiger partial charge in [0.1, 0.15) is 0 Å². The van der Waals surface area contributed by atoms with Crippen molar-refractivity contribution < 1.29 is 9.94 Å². The molecule has 1 aliphatic heterocycles. The lowest BCUT2D eigenvalue weighted by molar-refractivity contribution is 0.0568. The highest BCUT2D eigenvalue weighted by Gasteiger charge is 2.19. The van der Waals surface area contributed by atoms with E-state index in [1.165, 1.54) is 0 Å². The van der Waals surface area contributed by atoms with Crippen molar-refractivity contribution in [1.29, 1.82) is 0 Å². The van der Waals surface area contributed by atoms with E-state index in [-0.39, 0.29) is 5.96 Å². The lowest BCUT2D eigenvalue weighted by Gasteiger charge is -2.31. The van der Waals surface area contributed by atoms with E-state index < -0.39 is 0 Å². The number of oxime groups is 1. The minimum absolute atomic E-state index is 0.199. The van der Waals surface area contributed by atoms with Crippen LogP contribution < -0.4 is 5.73 Å². The fourth-order valence-corrected chi connectivity index (χ4v) is 1.38. The Labute approximate surface area is 71.8 Å². The molecule has 0 aromatic heterocycles. The third kappa shape index (κ3) is 2.01. The lowest BCUT2D eigenvalue weighted by atomic mass is 10.1. The first-order valence-corrected chi connectivity index (χ1v) is 4.03. The van der Waals surface area contributed by atoms with Gasteiger partial charge in [0.2, 0.25) is 5.96 Å². The highest BCUT2D eigenvalue weighted by Crippen LogP contribution is 2.11. The van der Waals surface area contributed by atoms with Crippen molar-refractivity contribution in [1.82, 2.24) is 4.90 Å². The third-order valence-electron chi connectivity index (χ3n) is 2.20. The highest BCUT2D eigenvalue weighted by atomic mass is 16.5. The molecule has 0 bridgehead atoms. The van der Waals surface area contributed by atoms with Crippen molar-refractivity contribution in [3.8, 4) is 0 Å². The van der Waals surface area contributed by atoms with Gasteiger partial charge in [-0.15, -0.1) is 0 Å². The molecule has 1 saturated heterocycles. The van der Waals surface area contributed by atoms with Crippen LogP contribution in [0.5, 0.6) is 0 Å². The Hall–Kier alpha value is -0.970. The monoisotopic (exact) mass is 173 g/mol. The highest BCUT2D eigenvalue weighted by molar-refractivity contribution is 5.77. The number of nitrogens with zero attached hydrogens (tertiary/aromatic N) is 2. The first-order chi connectivity index (χ1) is 5.77. The first-order valence-electron chi connectivity index (χ1n) is 4.03. The van der Waals surface area contributed by atoms with E-state index in [9.17, 15) is 0 Å². The second-order valence-electron chi connectivity index (χ2n) is 2.88. The summed E-state index contributed by atoms with van der Waals surface area (Å²) in [5, 5.41) is 11.3. The lowest BCUT2D eigenvalue weighted by Crippen LogP contribution is -2.44. The number of hydrogen-bond acceptors (Lipinski definition) is 3. The van der Waals surface area contributed by atoms with E-state index in [1.807, 2.05) is 4.90 Å². The summed E-state index contributed by atoms with van der Waals surface area (Å²) in [7, 11) is 1.71. The predicted octanol–water partition coefficient (Wildman–Crippen LogP) is -0.199. The Morgan fingerprint density at radius 2 is 2.17 bits per heavy atom. The maximum atomic E-state index is 8.40. The SMILES string of the molecule is COC1CCN(C(N)=NO)CC1. The van der Waals surface area contributed by atoms with E-state index in [4.69, 9.17) is 15.7 Å². The Morgan fingerprint density at radius 1 is 1.58 bits per heavy atom. The maximum absolute atomic E-state index is 8.40. The number of piperidine rings is 1. The van der Waals surface area contributed by atoms with Crippen molar-refractivity contribution >= 4 is 5.96 Å². The summed E-state index contributed by atoms with van der Waals surface area (Å²) in [5.74, 6) is 0.199. The van der Waals surface area contributed by atoms with Gasteiger partial charge in [-0.3, -0.25) is 0 Å². The van der Waals surface area contributed by atoms with Crippen molar-refractivity contribution in [2.24, 2.45) is 10.9 Å². The van der Waals surface area contributed by atoms with Gasteiger partial charge in [0.15, 0.2) is 0 Å². The summed E-state index contributed by atoms with van der Waals surface area (Å²) >= 11 is 0. The van der Waals surface area contributed by atoms with Crippen LogP contribution in [0.15, 0.2) is 5.16 Å². The number of rotatable bonds is 1. The van der Waals surface area contributed by atoms with Crippen LogP contribution in [-0.2, 0) is 4.74 Å². The number of guanidine groups is 1. The van der Waals surface area contributed by atoms with Crippen LogP contribution in [0.4, 0.5) is 0 Å². The van der Waals surface area contributed by atoms with Gasteiger partial charge in [-0.25, -0.2) is 0 Å². The van der Waals surface area contributed by atoms with Crippen molar-refractivity contribution in [2.45, 2.75) is 18.9 Å². The number of methoxy groups -OCH3 is 1. The summed E-state index contributed by atoms with van der Waals surface area (Å²) in [6.07, 6.45) is 2.20. The molecule has 5 nitrogen and oxygen atoms in total. The van der Waals surface area contributed by atoms with E-state index in [2.05, 4.69) is 5.16 Å². The minimum Gasteiger partial charge on any atom is -0.408 e. The Kier molecular flexibility index (Phi) is 3.16. The normalized spacial score (nSPS) is 21.4. The molecule has 0 aromatic carbocycles. The van der Waals surface area contributed by atoms with Crippen molar-refractivity contribution in [3.63, 3.8) is 0 Å². The van der Waals surface area contributed by atoms with Crippen LogP contribution in [0, 0.1) is 0 Å². The molecule has 1 fully saturated rings. The standard InChI is InChI=1S/C7H15N3O2/c1-12-6-2-4-10(5-3-6)7(8)9-11/h6,11H,2-5H2,1H3,(H2,8,9). The average molecular weight is 173 g/mol. The van der Waals surface area contributed by atoms with Gasteiger partial charge in [-0.2, -0.15) is 0 Å². The van der Waals surface area contributed by atoms with Gasteiger partial charge in [-0.05, 0) is 12.8 Å². The van der Waals surface area contributed by atoms with Crippen LogP contribution in [0.2, 0.25) is 0 Å². The van der Waals surface area contributed by atoms with E-state index in [0.717, 1.165) is 25.9 Å². The molecule has 1 rings (SSSR count). The summed E-state index contributed by atoms with van der Waals surface area (Å²) in [5.41, 5.74) is 5.42. The molecule has 0 atom stereocenters. The minimum atomic E-state index is 0.199. The van der Waals surface area contributed by atoms with Gasteiger partial charge >= 0.3 is 0 Å². The largest absolute Gasteiger partial charge is 0.408 e. The molecule has 0 saturated carbocycles. The fraction of sp³-hybridized carbons (Fsp3) is 0.857. The van der Waals surface area contributed by atoms with Crippen LogP contribution in [0.3, 0.4) is 0 Å². The summed E-state index contributed by atoms with van der Waals surface area (Å²) in [6.45, 7) is 1.60. The van der Waals surface area contributed by atoms with E-state index >= 15 is 0 Å². The Balaban J connectivity index is 2.36. The zero-order valence-electron chi connectivity index (χ0n) is 7.23. The predicted molar refractivity (Wildman–Crippen MR) is 45.0 cm³/mol. The smallest absolute Gasteiger partial charge is 0.233 e.